The Morgan fingerprint density at radius 3 is 2.05 bits per heavy atom. The first-order valence-electron chi connectivity index (χ1n) is 6.47. The molecule has 0 aromatic heterocycles. The lowest BCUT2D eigenvalue weighted by Crippen LogP contribution is -2.29. The first-order chi connectivity index (χ1) is 8.64. The van der Waals surface area contributed by atoms with Crippen LogP contribution in [0.5, 0.6) is 0 Å². The standard InChI is InChI=1S/C15H22F3N/c1-11(19-4)9-14(2,3)10-12-5-7-13(8-6-12)15(16,17)18/h5-8,11,19H,9-10H2,1-4H3. The van der Waals surface area contributed by atoms with E-state index in [1.54, 1.807) is 12.1 Å². The van der Waals surface area contributed by atoms with Crippen molar-refractivity contribution in [1.82, 2.24) is 5.32 Å². The van der Waals surface area contributed by atoms with Gasteiger partial charge in [0, 0.05) is 6.04 Å². The van der Waals surface area contributed by atoms with E-state index in [1.807, 2.05) is 7.05 Å². The third-order valence-electron chi connectivity index (χ3n) is 3.32. The molecule has 0 spiro atoms. The van der Waals surface area contributed by atoms with Crippen LogP contribution in [0.25, 0.3) is 0 Å². The Bertz CT molecular complexity index is 393. The van der Waals surface area contributed by atoms with Gasteiger partial charge in [-0.2, -0.15) is 13.2 Å². The van der Waals surface area contributed by atoms with Crippen LogP contribution in [0.4, 0.5) is 13.2 Å². The molecule has 0 aliphatic heterocycles. The summed E-state index contributed by atoms with van der Waals surface area (Å²) in [6, 6.07) is 5.87. The molecule has 0 amide bonds. The molecule has 0 saturated carbocycles. The highest BCUT2D eigenvalue weighted by Crippen LogP contribution is 2.31. The van der Waals surface area contributed by atoms with Gasteiger partial charge in [-0.25, -0.2) is 0 Å². The SMILES string of the molecule is CNC(C)CC(C)(C)Cc1ccc(C(F)(F)F)cc1. The lowest BCUT2D eigenvalue weighted by Gasteiger charge is -2.28. The van der Waals surface area contributed by atoms with Crippen LogP contribution in [0.15, 0.2) is 24.3 Å². The zero-order valence-corrected chi connectivity index (χ0v) is 11.9. The summed E-state index contributed by atoms with van der Waals surface area (Å²) in [5, 5.41) is 3.19. The average Bonchev–Trinajstić information content (AvgIpc) is 2.27. The fourth-order valence-corrected chi connectivity index (χ4v) is 2.37. The quantitative estimate of drug-likeness (QED) is 0.844. The minimum atomic E-state index is -4.26. The van der Waals surface area contributed by atoms with Crippen LogP contribution in [0, 0.1) is 5.41 Å². The van der Waals surface area contributed by atoms with Gasteiger partial charge in [-0.1, -0.05) is 26.0 Å². The Morgan fingerprint density at radius 1 is 1.11 bits per heavy atom. The van der Waals surface area contributed by atoms with Crippen LogP contribution in [0.2, 0.25) is 0 Å². The van der Waals surface area contributed by atoms with Crippen molar-refractivity contribution in [3.8, 4) is 0 Å². The lowest BCUT2D eigenvalue weighted by molar-refractivity contribution is -0.137. The smallest absolute Gasteiger partial charge is 0.317 e. The number of alkyl halides is 3. The van der Waals surface area contributed by atoms with Gasteiger partial charge >= 0.3 is 6.18 Å². The summed E-state index contributed by atoms with van der Waals surface area (Å²) in [6.07, 6.45) is -2.50. The summed E-state index contributed by atoms with van der Waals surface area (Å²) >= 11 is 0. The average molecular weight is 273 g/mol. The maximum atomic E-state index is 12.5. The number of nitrogens with one attached hydrogen (secondary N) is 1. The van der Waals surface area contributed by atoms with Crippen LogP contribution < -0.4 is 5.32 Å². The third-order valence-corrected chi connectivity index (χ3v) is 3.32. The molecule has 1 nitrogen and oxygen atoms in total. The molecule has 0 aliphatic rings. The highest BCUT2D eigenvalue weighted by Gasteiger charge is 2.30. The summed E-state index contributed by atoms with van der Waals surface area (Å²) in [7, 11) is 1.92. The van der Waals surface area contributed by atoms with Gasteiger partial charge in [-0.15, -0.1) is 0 Å². The highest BCUT2D eigenvalue weighted by atomic mass is 19.4. The van der Waals surface area contributed by atoms with Crippen molar-refractivity contribution in [2.24, 2.45) is 5.41 Å². The molecule has 1 aromatic carbocycles. The Morgan fingerprint density at radius 2 is 1.63 bits per heavy atom. The van der Waals surface area contributed by atoms with E-state index in [9.17, 15) is 13.2 Å². The fraction of sp³-hybridized carbons (Fsp3) is 0.600. The second kappa shape index (κ2) is 5.95. The number of halogens is 3. The molecule has 1 rings (SSSR count). The van der Waals surface area contributed by atoms with E-state index in [1.165, 1.54) is 0 Å². The zero-order chi connectivity index (χ0) is 14.7. The first kappa shape index (κ1) is 16.0. The fourth-order valence-electron chi connectivity index (χ4n) is 2.37. The molecule has 0 aliphatic carbocycles. The predicted molar refractivity (Wildman–Crippen MR) is 72.1 cm³/mol. The van der Waals surface area contributed by atoms with E-state index < -0.39 is 11.7 Å². The van der Waals surface area contributed by atoms with E-state index in [2.05, 4.69) is 26.1 Å². The molecule has 0 fully saturated rings. The zero-order valence-electron chi connectivity index (χ0n) is 11.9. The molecule has 0 heterocycles. The Kier molecular flexibility index (Phi) is 5.02. The molecule has 108 valence electrons. The Labute approximate surface area is 113 Å². The molecule has 1 atom stereocenters. The molecule has 0 bridgehead atoms. The van der Waals surface area contributed by atoms with Crippen molar-refractivity contribution >= 4 is 0 Å². The van der Waals surface area contributed by atoms with Gasteiger partial charge in [-0.3, -0.25) is 0 Å². The minimum absolute atomic E-state index is 0.0577. The Balaban J connectivity index is 2.72. The van der Waals surface area contributed by atoms with E-state index in [-0.39, 0.29) is 5.41 Å². The summed E-state index contributed by atoms with van der Waals surface area (Å²) < 4.78 is 37.4. The normalized spacial score (nSPS) is 14.5. The molecule has 1 N–H and O–H groups in total. The molecule has 19 heavy (non-hydrogen) atoms. The van der Waals surface area contributed by atoms with Gasteiger partial charge in [-0.05, 0) is 49.9 Å². The van der Waals surface area contributed by atoms with Crippen LogP contribution in [-0.2, 0) is 12.6 Å². The van der Waals surface area contributed by atoms with E-state index >= 15 is 0 Å². The minimum Gasteiger partial charge on any atom is -0.317 e. The third kappa shape index (κ3) is 5.23. The molecule has 1 aromatic rings. The highest BCUT2D eigenvalue weighted by molar-refractivity contribution is 5.25. The molecule has 1 unspecified atom stereocenters. The number of rotatable bonds is 5. The molecular weight excluding hydrogens is 251 g/mol. The van der Waals surface area contributed by atoms with Gasteiger partial charge in [0.15, 0.2) is 0 Å². The second-order valence-corrected chi connectivity index (χ2v) is 5.93. The van der Waals surface area contributed by atoms with Gasteiger partial charge in [0.05, 0.1) is 5.56 Å². The molecule has 0 saturated heterocycles. The first-order valence-corrected chi connectivity index (χ1v) is 6.47. The predicted octanol–water partition coefficient (Wildman–Crippen LogP) is 4.27. The van der Waals surface area contributed by atoms with Crippen LogP contribution in [0.3, 0.4) is 0 Å². The number of hydrogen-bond donors (Lipinski definition) is 1. The monoisotopic (exact) mass is 273 g/mol. The van der Waals surface area contributed by atoms with E-state index in [0.717, 1.165) is 30.5 Å². The van der Waals surface area contributed by atoms with Crippen molar-refractivity contribution in [2.45, 2.75) is 45.8 Å². The number of hydrogen-bond acceptors (Lipinski definition) is 1. The van der Waals surface area contributed by atoms with Crippen molar-refractivity contribution < 1.29 is 13.2 Å². The van der Waals surface area contributed by atoms with Crippen molar-refractivity contribution in [3.05, 3.63) is 35.4 Å². The summed E-state index contributed by atoms with van der Waals surface area (Å²) in [5.41, 5.74) is 0.418. The summed E-state index contributed by atoms with van der Waals surface area (Å²) in [6.45, 7) is 6.38. The van der Waals surface area contributed by atoms with Gasteiger partial charge in [0.2, 0.25) is 0 Å². The lowest BCUT2D eigenvalue weighted by atomic mass is 9.80. The van der Waals surface area contributed by atoms with Crippen LogP contribution in [0.1, 0.15) is 38.3 Å². The molecule has 0 radical (unpaired) electrons. The topological polar surface area (TPSA) is 12.0 Å². The summed E-state index contributed by atoms with van der Waals surface area (Å²) in [4.78, 5) is 0. The Hall–Kier alpha value is -1.03. The van der Waals surface area contributed by atoms with Crippen LogP contribution in [-0.4, -0.2) is 13.1 Å². The maximum absolute atomic E-state index is 12.5. The number of benzene rings is 1. The second-order valence-electron chi connectivity index (χ2n) is 5.93. The van der Waals surface area contributed by atoms with Crippen molar-refractivity contribution in [1.29, 1.82) is 0 Å². The molecule has 4 heteroatoms. The largest absolute Gasteiger partial charge is 0.416 e. The van der Waals surface area contributed by atoms with Crippen molar-refractivity contribution in [2.75, 3.05) is 7.05 Å². The van der Waals surface area contributed by atoms with Gasteiger partial charge in [0.1, 0.15) is 0 Å². The van der Waals surface area contributed by atoms with Crippen LogP contribution >= 0.6 is 0 Å². The molecular formula is C15H22F3N. The van der Waals surface area contributed by atoms with E-state index in [4.69, 9.17) is 0 Å². The van der Waals surface area contributed by atoms with E-state index in [0.29, 0.717) is 6.04 Å². The van der Waals surface area contributed by atoms with Crippen molar-refractivity contribution in [3.63, 3.8) is 0 Å². The maximum Gasteiger partial charge on any atom is 0.416 e. The van der Waals surface area contributed by atoms with Gasteiger partial charge in [0.25, 0.3) is 0 Å². The summed E-state index contributed by atoms with van der Waals surface area (Å²) in [5.74, 6) is 0. The van der Waals surface area contributed by atoms with Gasteiger partial charge < -0.3 is 5.32 Å².